The minimum absolute atomic E-state index is 0.0463. The molecule has 2 N–H and O–H groups in total. The van der Waals surface area contributed by atoms with E-state index < -0.39 is 0 Å². The normalized spacial score (nSPS) is 18.6. The molecule has 0 aromatic heterocycles. The van der Waals surface area contributed by atoms with E-state index in [4.69, 9.17) is 10.5 Å². The standard InChI is InChI=1S/C14H21NO/c1-14(9-4-5-10-14)16-13-7-3-2-6-12(13)8-11-15/h2-3,6-7H,4-5,8-11,15H2,1H3. The molecule has 0 spiro atoms. The molecule has 1 aromatic rings. The Labute approximate surface area is 97.8 Å². The van der Waals surface area contributed by atoms with Crippen molar-refractivity contribution in [3.05, 3.63) is 29.8 Å². The maximum Gasteiger partial charge on any atom is 0.123 e. The summed E-state index contributed by atoms with van der Waals surface area (Å²) in [6.45, 7) is 2.90. The van der Waals surface area contributed by atoms with Gasteiger partial charge in [0.15, 0.2) is 0 Å². The van der Waals surface area contributed by atoms with Crippen molar-refractivity contribution in [3.8, 4) is 5.75 Å². The molecule has 0 amide bonds. The van der Waals surface area contributed by atoms with Crippen LogP contribution in [0, 0.1) is 0 Å². The first kappa shape index (κ1) is 11.5. The Morgan fingerprint density at radius 2 is 1.94 bits per heavy atom. The van der Waals surface area contributed by atoms with Crippen LogP contribution in [0.1, 0.15) is 38.2 Å². The SMILES string of the molecule is CC1(Oc2ccccc2CCN)CCCC1. The molecule has 1 fully saturated rings. The average Bonchev–Trinajstić information content (AvgIpc) is 2.68. The number of rotatable bonds is 4. The lowest BCUT2D eigenvalue weighted by atomic mass is 10.0. The molecule has 1 saturated carbocycles. The number of ether oxygens (including phenoxy) is 1. The Morgan fingerprint density at radius 1 is 1.25 bits per heavy atom. The summed E-state index contributed by atoms with van der Waals surface area (Å²) in [7, 11) is 0. The average molecular weight is 219 g/mol. The van der Waals surface area contributed by atoms with Gasteiger partial charge in [0.1, 0.15) is 11.4 Å². The van der Waals surface area contributed by atoms with Gasteiger partial charge < -0.3 is 10.5 Å². The van der Waals surface area contributed by atoms with Crippen LogP contribution in [0.2, 0.25) is 0 Å². The first-order chi connectivity index (χ1) is 7.73. The van der Waals surface area contributed by atoms with Crippen LogP contribution in [0.5, 0.6) is 5.75 Å². The molecule has 88 valence electrons. The third-order valence-electron chi connectivity index (χ3n) is 3.40. The van der Waals surface area contributed by atoms with Gasteiger partial charge in [-0.05, 0) is 57.2 Å². The van der Waals surface area contributed by atoms with Crippen molar-refractivity contribution in [1.82, 2.24) is 0 Å². The maximum absolute atomic E-state index is 6.19. The van der Waals surface area contributed by atoms with Crippen molar-refractivity contribution >= 4 is 0 Å². The van der Waals surface area contributed by atoms with Crippen LogP contribution in [-0.4, -0.2) is 12.1 Å². The quantitative estimate of drug-likeness (QED) is 0.845. The summed E-state index contributed by atoms with van der Waals surface area (Å²) in [5.41, 5.74) is 6.90. The second kappa shape index (κ2) is 4.88. The highest BCUT2D eigenvalue weighted by molar-refractivity contribution is 5.34. The first-order valence-electron chi connectivity index (χ1n) is 6.20. The lowest BCUT2D eigenvalue weighted by Gasteiger charge is -2.27. The molecule has 2 nitrogen and oxygen atoms in total. The van der Waals surface area contributed by atoms with Gasteiger partial charge >= 0.3 is 0 Å². The van der Waals surface area contributed by atoms with Gasteiger partial charge in [-0.2, -0.15) is 0 Å². The van der Waals surface area contributed by atoms with E-state index in [9.17, 15) is 0 Å². The molecule has 0 heterocycles. The summed E-state index contributed by atoms with van der Waals surface area (Å²) in [5.74, 6) is 1.03. The summed E-state index contributed by atoms with van der Waals surface area (Å²) >= 11 is 0. The van der Waals surface area contributed by atoms with Crippen molar-refractivity contribution < 1.29 is 4.74 Å². The third-order valence-corrected chi connectivity index (χ3v) is 3.40. The lowest BCUT2D eigenvalue weighted by Crippen LogP contribution is -2.28. The highest BCUT2D eigenvalue weighted by Gasteiger charge is 2.31. The van der Waals surface area contributed by atoms with Gasteiger partial charge in [0.25, 0.3) is 0 Å². The molecule has 16 heavy (non-hydrogen) atoms. The smallest absolute Gasteiger partial charge is 0.123 e. The Bertz CT molecular complexity index is 342. The predicted octanol–water partition coefficient (Wildman–Crippen LogP) is 2.90. The van der Waals surface area contributed by atoms with Crippen molar-refractivity contribution in [2.75, 3.05) is 6.54 Å². The molecule has 0 bridgehead atoms. The van der Waals surface area contributed by atoms with Crippen molar-refractivity contribution in [2.45, 2.75) is 44.6 Å². The zero-order valence-electron chi connectivity index (χ0n) is 10.0. The molecular weight excluding hydrogens is 198 g/mol. The molecular formula is C14H21NO. The van der Waals surface area contributed by atoms with E-state index >= 15 is 0 Å². The summed E-state index contributed by atoms with van der Waals surface area (Å²) < 4.78 is 6.19. The van der Waals surface area contributed by atoms with Crippen LogP contribution >= 0.6 is 0 Å². The maximum atomic E-state index is 6.19. The molecule has 1 aliphatic rings. The molecule has 2 rings (SSSR count). The second-order valence-corrected chi connectivity index (χ2v) is 4.91. The zero-order chi connectivity index (χ0) is 11.4. The Morgan fingerprint density at radius 3 is 2.62 bits per heavy atom. The van der Waals surface area contributed by atoms with Gasteiger partial charge in [-0.3, -0.25) is 0 Å². The number of hydrogen-bond acceptors (Lipinski definition) is 2. The minimum atomic E-state index is 0.0463. The molecule has 0 atom stereocenters. The molecule has 0 saturated heterocycles. The van der Waals surface area contributed by atoms with Gasteiger partial charge in [0.05, 0.1) is 0 Å². The lowest BCUT2D eigenvalue weighted by molar-refractivity contribution is 0.0955. The summed E-state index contributed by atoms with van der Waals surface area (Å²) in [6.07, 6.45) is 5.81. The summed E-state index contributed by atoms with van der Waals surface area (Å²) in [4.78, 5) is 0. The van der Waals surface area contributed by atoms with Gasteiger partial charge in [0, 0.05) is 0 Å². The fourth-order valence-electron chi connectivity index (χ4n) is 2.46. The van der Waals surface area contributed by atoms with Crippen LogP contribution in [0.4, 0.5) is 0 Å². The second-order valence-electron chi connectivity index (χ2n) is 4.91. The first-order valence-corrected chi connectivity index (χ1v) is 6.20. The number of nitrogens with two attached hydrogens (primary N) is 1. The van der Waals surface area contributed by atoms with E-state index in [1.807, 2.05) is 6.07 Å². The van der Waals surface area contributed by atoms with E-state index in [0.717, 1.165) is 12.2 Å². The van der Waals surface area contributed by atoms with E-state index in [1.54, 1.807) is 0 Å². The van der Waals surface area contributed by atoms with Gasteiger partial charge in [-0.25, -0.2) is 0 Å². The van der Waals surface area contributed by atoms with Crippen LogP contribution in [0.25, 0.3) is 0 Å². The van der Waals surface area contributed by atoms with E-state index in [2.05, 4.69) is 25.1 Å². The third kappa shape index (κ3) is 2.56. The van der Waals surface area contributed by atoms with Crippen molar-refractivity contribution in [1.29, 1.82) is 0 Å². The number of hydrogen-bond donors (Lipinski definition) is 1. The van der Waals surface area contributed by atoms with Gasteiger partial charge in [-0.15, -0.1) is 0 Å². The Kier molecular flexibility index (Phi) is 3.49. The van der Waals surface area contributed by atoms with E-state index in [0.29, 0.717) is 6.54 Å². The van der Waals surface area contributed by atoms with Gasteiger partial charge in [-0.1, -0.05) is 18.2 Å². The van der Waals surface area contributed by atoms with Crippen LogP contribution in [0.15, 0.2) is 24.3 Å². The molecule has 0 unspecified atom stereocenters. The molecule has 0 aliphatic heterocycles. The van der Waals surface area contributed by atoms with Crippen molar-refractivity contribution in [2.24, 2.45) is 5.73 Å². The van der Waals surface area contributed by atoms with E-state index in [1.165, 1.54) is 31.2 Å². The molecule has 1 aromatic carbocycles. The Hall–Kier alpha value is -1.02. The predicted molar refractivity (Wildman–Crippen MR) is 66.7 cm³/mol. The molecule has 0 radical (unpaired) electrons. The Balaban J connectivity index is 2.13. The van der Waals surface area contributed by atoms with Crippen LogP contribution in [0.3, 0.4) is 0 Å². The highest BCUT2D eigenvalue weighted by atomic mass is 16.5. The molecule has 1 aliphatic carbocycles. The van der Waals surface area contributed by atoms with Crippen LogP contribution < -0.4 is 10.5 Å². The summed E-state index contributed by atoms with van der Waals surface area (Å²) in [5, 5.41) is 0. The topological polar surface area (TPSA) is 35.2 Å². The van der Waals surface area contributed by atoms with Crippen molar-refractivity contribution in [3.63, 3.8) is 0 Å². The fourth-order valence-corrected chi connectivity index (χ4v) is 2.46. The zero-order valence-corrected chi connectivity index (χ0v) is 10.0. The molecule has 2 heteroatoms. The van der Waals surface area contributed by atoms with E-state index in [-0.39, 0.29) is 5.60 Å². The monoisotopic (exact) mass is 219 g/mol. The minimum Gasteiger partial charge on any atom is -0.487 e. The largest absolute Gasteiger partial charge is 0.487 e. The van der Waals surface area contributed by atoms with Gasteiger partial charge in [0.2, 0.25) is 0 Å². The fraction of sp³-hybridized carbons (Fsp3) is 0.571. The number of benzene rings is 1. The van der Waals surface area contributed by atoms with Crippen LogP contribution in [-0.2, 0) is 6.42 Å². The highest BCUT2D eigenvalue weighted by Crippen LogP contribution is 2.35. The number of para-hydroxylation sites is 1. The summed E-state index contributed by atoms with van der Waals surface area (Å²) in [6, 6.07) is 8.26.